The van der Waals surface area contributed by atoms with Crippen LogP contribution >= 0.6 is 11.3 Å². The Hall–Kier alpha value is -1.72. The molecule has 4 rings (SSSR count). The quantitative estimate of drug-likeness (QED) is 0.765. The van der Waals surface area contributed by atoms with Crippen LogP contribution in [0.5, 0.6) is 0 Å². The number of carbonyl (C=O) groups excluding carboxylic acids is 1. The molecule has 3 heterocycles. The molecule has 2 atom stereocenters. The Morgan fingerprint density at radius 1 is 1.30 bits per heavy atom. The van der Waals surface area contributed by atoms with Crippen LogP contribution in [0.1, 0.15) is 48.2 Å². The summed E-state index contributed by atoms with van der Waals surface area (Å²) in [6.07, 6.45) is 3.94. The first-order valence-corrected chi connectivity index (χ1v) is 10.9. The molecule has 1 amide bonds. The molecule has 2 aliphatic rings. The van der Waals surface area contributed by atoms with Gasteiger partial charge in [-0.3, -0.25) is 9.69 Å². The molecule has 0 bridgehead atoms. The van der Waals surface area contributed by atoms with Gasteiger partial charge in [0.15, 0.2) is 0 Å². The summed E-state index contributed by atoms with van der Waals surface area (Å²) in [5.74, 6) is 0.173. The van der Waals surface area contributed by atoms with E-state index in [9.17, 15) is 9.18 Å². The number of hydrogen-bond donors (Lipinski definition) is 0. The van der Waals surface area contributed by atoms with Gasteiger partial charge in [-0.25, -0.2) is 4.39 Å². The third kappa shape index (κ3) is 3.94. The van der Waals surface area contributed by atoms with Crippen LogP contribution in [0.2, 0.25) is 0 Å². The summed E-state index contributed by atoms with van der Waals surface area (Å²) >= 11 is 1.82. The van der Waals surface area contributed by atoms with Gasteiger partial charge in [-0.15, -0.1) is 11.3 Å². The molecular formula is C22H27FN2OS. The SMILES string of the molecule is CCC1c2ccsc2CCN1C(=O)C1CCCN(Cc2cccc(F)c2)C1. The lowest BCUT2D eigenvalue weighted by atomic mass is 9.92. The monoisotopic (exact) mass is 386 g/mol. The van der Waals surface area contributed by atoms with E-state index in [4.69, 9.17) is 0 Å². The average Bonchev–Trinajstić information content (AvgIpc) is 3.15. The van der Waals surface area contributed by atoms with Crippen LogP contribution in [0.4, 0.5) is 4.39 Å². The van der Waals surface area contributed by atoms with E-state index in [1.807, 2.05) is 17.4 Å². The molecule has 0 spiro atoms. The Morgan fingerprint density at radius 2 is 2.19 bits per heavy atom. The molecule has 1 saturated heterocycles. The van der Waals surface area contributed by atoms with Gasteiger partial charge in [-0.2, -0.15) is 0 Å². The highest BCUT2D eigenvalue weighted by Gasteiger charge is 2.35. The number of benzene rings is 1. The van der Waals surface area contributed by atoms with Crippen LogP contribution in [0, 0.1) is 11.7 Å². The maximum Gasteiger partial charge on any atom is 0.227 e. The molecule has 27 heavy (non-hydrogen) atoms. The predicted molar refractivity (Wildman–Crippen MR) is 107 cm³/mol. The van der Waals surface area contributed by atoms with E-state index in [0.717, 1.165) is 50.9 Å². The molecule has 2 aromatic rings. The number of amides is 1. The summed E-state index contributed by atoms with van der Waals surface area (Å²) in [6.45, 7) is 5.48. The predicted octanol–water partition coefficient (Wildman–Crippen LogP) is 4.64. The summed E-state index contributed by atoms with van der Waals surface area (Å²) < 4.78 is 13.5. The zero-order valence-electron chi connectivity index (χ0n) is 15.9. The standard InChI is InChI=1S/C22H27FN2OS/c1-2-20-19-9-12-27-21(19)8-11-25(20)22(26)17-6-4-10-24(15-17)14-16-5-3-7-18(23)13-16/h3,5,7,9,12-13,17,20H,2,4,6,8,10-11,14-15H2,1H3. The largest absolute Gasteiger partial charge is 0.335 e. The van der Waals surface area contributed by atoms with Gasteiger partial charge >= 0.3 is 0 Å². The summed E-state index contributed by atoms with van der Waals surface area (Å²) in [7, 11) is 0. The molecule has 5 heteroatoms. The Balaban J connectivity index is 1.44. The fraction of sp³-hybridized carbons (Fsp3) is 0.500. The normalized spacial score (nSPS) is 23.3. The Kier molecular flexibility index (Phi) is 5.60. The number of fused-ring (bicyclic) bond motifs is 1. The van der Waals surface area contributed by atoms with E-state index in [1.54, 1.807) is 12.1 Å². The fourth-order valence-corrected chi connectivity index (χ4v) is 5.56. The van der Waals surface area contributed by atoms with E-state index in [-0.39, 0.29) is 17.8 Å². The van der Waals surface area contributed by atoms with Gasteiger partial charge in [0.25, 0.3) is 0 Å². The van der Waals surface area contributed by atoms with Crippen molar-refractivity contribution < 1.29 is 9.18 Å². The minimum Gasteiger partial charge on any atom is -0.335 e. The van der Waals surface area contributed by atoms with Crippen LogP contribution in [-0.4, -0.2) is 35.3 Å². The Bertz CT molecular complexity index is 805. The molecule has 0 radical (unpaired) electrons. The van der Waals surface area contributed by atoms with Gasteiger partial charge in [-0.1, -0.05) is 19.1 Å². The fourth-order valence-electron chi connectivity index (χ4n) is 4.63. The van der Waals surface area contributed by atoms with E-state index in [1.165, 1.54) is 16.5 Å². The third-order valence-electron chi connectivity index (χ3n) is 5.91. The summed E-state index contributed by atoms with van der Waals surface area (Å²) in [5, 5.41) is 2.16. The zero-order chi connectivity index (χ0) is 18.8. The molecule has 144 valence electrons. The van der Waals surface area contributed by atoms with Crippen LogP contribution in [0.3, 0.4) is 0 Å². The highest BCUT2D eigenvalue weighted by atomic mass is 32.1. The van der Waals surface area contributed by atoms with Crippen molar-refractivity contribution in [3.8, 4) is 0 Å². The summed E-state index contributed by atoms with van der Waals surface area (Å²) in [5.41, 5.74) is 2.34. The van der Waals surface area contributed by atoms with Gasteiger partial charge in [0.2, 0.25) is 5.91 Å². The molecular weight excluding hydrogens is 359 g/mol. The van der Waals surface area contributed by atoms with Crippen molar-refractivity contribution >= 4 is 17.2 Å². The van der Waals surface area contributed by atoms with E-state index in [0.29, 0.717) is 12.5 Å². The van der Waals surface area contributed by atoms with Crippen molar-refractivity contribution in [2.45, 2.75) is 45.2 Å². The molecule has 3 nitrogen and oxygen atoms in total. The number of nitrogens with zero attached hydrogens (tertiary/aromatic N) is 2. The smallest absolute Gasteiger partial charge is 0.227 e. The molecule has 1 aromatic carbocycles. The van der Waals surface area contributed by atoms with Crippen molar-refractivity contribution in [1.82, 2.24) is 9.80 Å². The number of thiophene rings is 1. The second-order valence-electron chi connectivity index (χ2n) is 7.71. The van der Waals surface area contributed by atoms with Gasteiger partial charge in [-0.05, 0) is 66.9 Å². The highest BCUT2D eigenvalue weighted by molar-refractivity contribution is 7.10. The third-order valence-corrected chi connectivity index (χ3v) is 6.91. The first-order chi connectivity index (χ1) is 13.2. The maximum absolute atomic E-state index is 13.5. The van der Waals surface area contributed by atoms with Gasteiger partial charge in [0.05, 0.1) is 12.0 Å². The minimum atomic E-state index is -0.192. The molecule has 0 saturated carbocycles. The topological polar surface area (TPSA) is 23.6 Å². The van der Waals surface area contributed by atoms with Crippen molar-refractivity contribution in [2.24, 2.45) is 5.92 Å². The lowest BCUT2D eigenvalue weighted by Gasteiger charge is -2.40. The van der Waals surface area contributed by atoms with Crippen LogP contribution in [-0.2, 0) is 17.8 Å². The average molecular weight is 387 g/mol. The number of piperidine rings is 1. The lowest BCUT2D eigenvalue weighted by molar-refractivity contribution is -0.140. The number of hydrogen-bond acceptors (Lipinski definition) is 3. The van der Waals surface area contributed by atoms with Crippen molar-refractivity contribution in [3.63, 3.8) is 0 Å². The van der Waals surface area contributed by atoms with Crippen molar-refractivity contribution in [3.05, 3.63) is 57.5 Å². The molecule has 0 aliphatic carbocycles. The van der Waals surface area contributed by atoms with Gasteiger partial charge in [0.1, 0.15) is 5.82 Å². The number of likely N-dealkylation sites (tertiary alicyclic amines) is 1. The van der Waals surface area contributed by atoms with Crippen molar-refractivity contribution in [1.29, 1.82) is 0 Å². The second-order valence-corrected chi connectivity index (χ2v) is 8.71. The Morgan fingerprint density at radius 3 is 3.00 bits per heavy atom. The zero-order valence-corrected chi connectivity index (χ0v) is 16.7. The molecule has 2 unspecified atom stereocenters. The maximum atomic E-state index is 13.5. The highest BCUT2D eigenvalue weighted by Crippen LogP contribution is 2.36. The first kappa shape index (κ1) is 18.6. The van der Waals surface area contributed by atoms with Crippen LogP contribution in [0.25, 0.3) is 0 Å². The van der Waals surface area contributed by atoms with E-state index in [2.05, 4.69) is 28.2 Å². The second kappa shape index (κ2) is 8.11. The molecule has 1 fully saturated rings. The summed E-state index contributed by atoms with van der Waals surface area (Å²) in [4.78, 5) is 19.2. The molecule has 1 aromatic heterocycles. The summed E-state index contributed by atoms with van der Waals surface area (Å²) in [6, 6.07) is 9.23. The first-order valence-electron chi connectivity index (χ1n) is 9.99. The van der Waals surface area contributed by atoms with E-state index >= 15 is 0 Å². The minimum absolute atomic E-state index is 0.0570. The molecule has 2 aliphatic heterocycles. The number of rotatable bonds is 4. The molecule has 0 N–H and O–H groups in total. The van der Waals surface area contributed by atoms with Gasteiger partial charge < -0.3 is 4.90 Å². The number of carbonyl (C=O) groups is 1. The van der Waals surface area contributed by atoms with Crippen LogP contribution in [0.15, 0.2) is 35.7 Å². The lowest BCUT2D eigenvalue weighted by Crippen LogP contribution is -2.47. The van der Waals surface area contributed by atoms with Crippen molar-refractivity contribution in [2.75, 3.05) is 19.6 Å². The Labute approximate surface area is 164 Å². The van der Waals surface area contributed by atoms with Gasteiger partial charge in [0, 0.05) is 24.5 Å². The van der Waals surface area contributed by atoms with E-state index < -0.39 is 0 Å². The van der Waals surface area contributed by atoms with Crippen LogP contribution < -0.4 is 0 Å². The number of halogens is 1.